The maximum Gasteiger partial charge on any atom is 0.303 e. The van der Waals surface area contributed by atoms with Gasteiger partial charge in [-0.1, -0.05) is 0 Å². The Labute approximate surface area is 478 Å². The molecule has 0 unspecified atom stereocenters. The highest BCUT2D eigenvalue weighted by Gasteiger charge is 2.60. The van der Waals surface area contributed by atoms with Gasteiger partial charge >= 0.3 is 77.6 Å². The van der Waals surface area contributed by atoms with Gasteiger partial charge in [0.15, 0.2) is 92.3 Å². The Bertz CT molecular complexity index is 2410. The summed E-state index contributed by atoms with van der Waals surface area (Å²) >= 11 is 0. The molecule has 4 fully saturated rings. The summed E-state index contributed by atoms with van der Waals surface area (Å²) in [6, 6.07) is 0. The molecule has 4 aliphatic heterocycles. The highest BCUT2D eigenvalue weighted by molar-refractivity contribution is 5.71. The van der Waals surface area contributed by atoms with Crippen molar-refractivity contribution in [2.45, 2.75) is 213 Å². The van der Waals surface area contributed by atoms with E-state index < -0.39 is 227 Å². The van der Waals surface area contributed by atoms with Gasteiger partial charge in [0.25, 0.3) is 0 Å². The van der Waals surface area contributed by atoms with Crippen LogP contribution in [0.25, 0.3) is 0 Å². The molecule has 0 aromatic carbocycles. The molecule has 34 heteroatoms. The first-order valence-corrected chi connectivity index (χ1v) is 25.6. The molecular formula is C50H68O34. The van der Waals surface area contributed by atoms with E-state index >= 15 is 0 Å². The number of ether oxygens (including phenoxy) is 20. The van der Waals surface area contributed by atoms with Gasteiger partial charge in [0.2, 0.25) is 0 Å². The Morgan fingerprint density at radius 1 is 0.262 bits per heavy atom. The number of aliphatic hydroxyl groups excluding tert-OH is 1. The number of esters is 13. The molecule has 0 aromatic heterocycles. The van der Waals surface area contributed by atoms with Crippen molar-refractivity contribution in [1.82, 2.24) is 0 Å². The predicted octanol–water partition coefficient (Wildman–Crippen LogP) is -2.33. The Hall–Kier alpha value is -7.21. The van der Waals surface area contributed by atoms with Crippen molar-refractivity contribution < 1.29 is 162 Å². The van der Waals surface area contributed by atoms with E-state index in [2.05, 4.69) is 0 Å². The summed E-state index contributed by atoms with van der Waals surface area (Å²) in [6.45, 7) is 8.85. The fourth-order valence-corrected chi connectivity index (χ4v) is 9.11. The van der Waals surface area contributed by atoms with E-state index in [0.717, 1.165) is 90.0 Å². The quantitative estimate of drug-likeness (QED) is 0.0828. The molecule has 1 N–H and O–H groups in total. The normalized spacial score (nSPS) is 32.7. The van der Waals surface area contributed by atoms with Crippen LogP contribution in [0.4, 0.5) is 0 Å². The van der Waals surface area contributed by atoms with Crippen LogP contribution in [0.2, 0.25) is 0 Å². The summed E-state index contributed by atoms with van der Waals surface area (Å²) in [5.74, 6) is -13.3. The molecule has 84 heavy (non-hydrogen) atoms. The van der Waals surface area contributed by atoms with Crippen LogP contribution in [0, 0.1) is 0 Å². The maximum atomic E-state index is 13.3. The minimum Gasteiger partial charge on any atom is -0.463 e. The van der Waals surface area contributed by atoms with Crippen LogP contribution in [0.5, 0.6) is 0 Å². The average Bonchev–Trinajstić information content (AvgIpc) is 1.70. The minimum atomic E-state index is -2.17. The first kappa shape index (κ1) is 69.3. The largest absolute Gasteiger partial charge is 0.463 e. The second kappa shape index (κ2) is 31.6. The van der Waals surface area contributed by atoms with Gasteiger partial charge in [-0.2, -0.15) is 0 Å². The molecule has 0 bridgehead atoms. The van der Waals surface area contributed by atoms with Crippen molar-refractivity contribution in [3.8, 4) is 0 Å². The molecule has 0 aliphatic carbocycles. The highest BCUT2D eigenvalue weighted by Crippen LogP contribution is 2.38. The zero-order chi connectivity index (χ0) is 63.0. The van der Waals surface area contributed by atoms with Crippen molar-refractivity contribution >= 4 is 77.6 Å². The van der Waals surface area contributed by atoms with Crippen LogP contribution in [-0.2, 0) is 157 Å². The lowest BCUT2D eigenvalue weighted by atomic mass is 9.95. The van der Waals surface area contributed by atoms with Gasteiger partial charge in [0.1, 0.15) is 43.7 Å². The monoisotopic (exact) mass is 1210 g/mol. The summed E-state index contributed by atoms with van der Waals surface area (Å²) in [6.07, 6.45) is -38.0. The molecule has 20 atom stereocenters. The van der Waals surface area contributed by atoms with Gasteiger partial charge in [0, 0.05) is 90.0 Å². The number of carbonyl (C=O) groups excluding carboxylic acids is 13. The summed E-state index contributed by atoms with van der Waals surface area (Å²) in [4.78, 5) is 164. The molecular weight excluding hydrogens is 1140 g/mol. The molecule has 4 aliphatic rings. The fourth-order valence-electron chi connectivity index (χ4n) is 9.11. The van der Waals surface area contributed by atoms with Crippen molar-refractivity contribution in [3.05, 3.63) is 0 Å². The number of carbonyl (C=O) groups is 13. The van der Waals surface area contributed by atoms with Crippen LogP contribution in [0.3, 0.4) is 0 Å². The summed E-state index contributed by atoms with van der Waals surface area (Å²) < 4.78 is 114. The number of hydrogen-bond donors (Lipinski definition) is 1. The summed E-state index contributed by atoms with van der Waals surface area (Å²) in [5, 5.41) is 11.2. The van der Waals surface area contributed by atoms with Gasteiger partial charge < -0.3 is 99.8 Å². The molecule has 34 nitrogen and oxygen atoms in total. The van der Waals surface area contributed by atoms with Crippen LogP contribution in [-0.4, -0.2) is 232 Å². The third-order valence-corrected chi connectivity index (χ3v) is 11.7. The highest BCUT2D eigenvalue weighted by atomic mass is 16.8. The number of hydrogen-bond acceptors (Lipinski definition) is 34. The van der Waals surface area contributed by atoms with Gasteiger partial charge in [-0.05, 0) is 0 Å². The zero-order valence-corrected chi connectivity index (χ0v) is 47.8. The van der Waals surface area contributed by atoms with E-state index in [1.54, 1.807) is 0 Å². The minimum absolute atomic E-state index is 0.716. The van der Waals surface area contributed by atoms with Crippen LogP contribution in [0.1, 0.15) is 90.0 Å². The topological polar surface area (TPSA) is 427 Å². The first-order valence-electron chi connectivity index (χ1n) is 25.6. The maximum absolute atomic E-state index is 13.3. The van der Waals surface area contributed by atoms with Gasteiger partial charge in [-0.3, -0.25) is 62.3 Å². The molecule has 4 saturated heterocycles. The van der Waals surface area contributed by atoms with Crippen molar-refractivity contribution in [1.29, 1.82) is 0 Å². The van der Waals surface area contributed by atoms with E-state index in [1.807, 2.05) is 0 Å². The van der Waals surface area contributed by atoms with Crippen molar-refractivity contribution in [2.24, 2.45) is 0 Å². The third-order valence-electron chi connectivity index (χ3n) is 11.7. The summed E-state index contributed by atoms with van der Waals surface area (Å²) in [7, 11) is 0. The molecule has 472 valence electrons. The molecule has 0 aromatic rings. The van der Waals surface area contributed by atoms with Crippen LogP contribution in [0.15, 0.2) is 0 Å². The fraction of sp³-hybridized carbons (Fsp3) is 0.740. The second-order valence-corrected chi connectivity index (χ2v) is 18.9. The number of aliphatic hydroxyl groups is 1. The molecule has 0 saturated carbocycles. The van der Waals surface area contributed by atoms with Crippen LogP contribution >= 0.6 is 0 Å². The van der Waals surface area contributed by atoms with Gasteiger partial charge in [-0.25, -0.2) is 0 Å². The Kier molecular flexibility index (Phi) is 26.1. The first-order chi connectivity index (χ1) is 39.3. The Balaban J connectivity index is 2.00. The lowest BCUT2D eigenvalue weighted by Crippen LogP contribution is -2.68. The van der Waals surface area contributed by atoms with E-state index in [9.17, 15) is 67.4 Å². The number of rotatable bonds is 23. The van der Waals surface area contributed by atoms with E-state index in [0.29, 0.717) is 0 Å². The smallest absolute Gasteiger partial charge is 0.303 e. The Morgan fingerprint density at radius 2 is 0.488 bits per heavy atom. The summed E-state index contributed by atoms with van der Waals surface area (Å²) in [5.41, 5.74) is 0. The molecule has 4 rings (SSSR count). The molecule has 0 spiro atoms. The van der Waals surface area contributed by atoms with E-state index in [1.165, 1.54) is 0 Å². The van der Waals surface area contributed by atoms with Crippen molar-refractivity contribution in [3.63, 3.8) is 0 Å². The Morgan fingerprint density at radius 3 is 0.810 bits per heavy atom. The lowest BCUT2D eigenvalue weighted by molar-refractivity contribution is -0.371. The zero-order valence-electron chi connectivity index (χ0n) is 47.8. The lowest BCUT2D eigenvalue weighted by Gasteiger charge is -2.49. The van der Waals surface area contributed by atoms with Crippen molar-refractivity contribution in [2.75, 3.05) is 26.4 Å². The average molecular weight is 1210 g/mol. The predicted molar refractivity (Wildman–Crippen MR) is 258 cm³/mol. The van der Waals surface area contributed by atoms with Crippen LogP contribution < -0.4 is 0 Å². The molecule has 0 amide bonds. The van der Waals surface area contributed by atoms with E-state index in [-0.39, 0.29) is 0 Å². The molecule has 4 heterocycles. The standard InChI is InChI=1S/C50H68O34/c1-18(51)65-14-32-36(70-21(4)54)40(74-25(8)58)44(77-28(11)61)48(81-32)68-17-34-38(72-23(6)56)42(84-50-46(79-30(13)63)41(75-26(9)59)37(71-22(5)55)33(83-50)15-66-19(2)52)45(78-29(12)62)49(82-34)67-16-31-35(69-20(3)53)39(73-24(7)57)43(47(64)80-31)76-27(10)60/h31-50,64H,14-17H2,1-13H3/t31-,32-,33-,34-,35-,36-,37-,38-,39+,40+,41+,42+,43+,44+,45+,46+,47+,48+,49+,50-/m1/s1. The third kappa shape index (κ3) is 20.5. The van der Waals surface area contributed by atoms with Gasteiger partial charge in [-0.15, -0.1) is 0 Å². The SMILES string of the molecule is CC(=O)OC[C@H]1O[C@H](OC[C@H]2O[C@H](OC[C@H]3O[C@H](O)[C@@H](OC(C)=O)[C@@H](OC(C)=O)[C@@H]3OC(C)=O)[C@@H](OC(C)=O)[C@@H](O[C@H]3O[C@H](COC(C)=O)[C@@H](OC(C)=O)[C@H](OC(C)=O)[C@@H]3OC(C)=O)[C@@H]2OC(C)=O)[C@@H](OC(C)=O)[C@@H](OC(C)=O)[C@@H]1OC(C)=O. The van der Waals surface area contributed by atoms with Gasteiger partial charge in [0.05, 0.1) is 13.2 Å². The molecule has 0 radical (unpaired) electrons. The second-order valence-electron chi connectivity index (χ2n) is 18.9. The van der Waals surface area contributed by atoms with E-state index in [4.69, 9.17) is 94.7 Å².